The largest absolute Gasteiger partial charge is 0.222 e. The molecule has 0 saturated heterocycles. The monoisotopic (exact) mass is 292 g/mol. The quantitative estimate of drug-likeness (QED) is 0.700. The summed E-state index contributed by atoms with van der Waals surface area (Å²) in [5.41, 5.74) is 1.43. The predicted octanol–water partition coefficient (Wildman–Crippen LogP) is 4.88. The molecule has 2 aliphatic rings. The third-order valence-corrected chi connectivity index (χ3v) is 5.97. The molecule has 0 aromatic carbocycles. The van der Waals surface area contributed by atoms with Gasteiger partial charge in [0.2, 0.25) is 0 Å². The van der Waals surface area contributed by atoms with Gasteiger partial charge in [0.15, 0.2) is 0 Å². The Morgan fingerprint density at radius 1 is 1.00 bits per heavy atom. The van der Waals surface area contributed by atoms with E-state index in [1.54, 1.807) is 0 Å². The number of thiophene rings is 1. The minimum Gasteiger partial charge on any atom is -0.222 e. The lowest BCUT2D eigenvalue weighted by atomic mass is 9.89. The van der Waals surface area contributed by atoms with Crippen LogP contribution >= 0.6 is 22.9 Å². The van der Waals surface area contributed by atoms with Gasteiger partial charge >= 0.3 is 0 Å². The molecule has 0 atom stereocenters. The molecule has 1 fully saturated rings. The number of nitrogens with zero attached hydrogens (tertiary/aromatic N) is 2. The Labute approximate surface area is 122 Å². The lowest BCUT2D eigenvalue weighted by molar-refractivity contribution is 0.429. The third kappa shape index (κ3) is 1.98. The first-order valence-corrected chi connectivity index (χ1v) is 8.50. The van der Waals surface area contributed by atoms with E-state index in [2.05, 4.69) is 4.98 Å². The number of fused-ring (bicyclic) bond motifs is 3. The van der Waals surface area contributed by atoms with Crippen LogP contribution in [0.5, 0.6) is 0 Å². The fourth-order valence-electron chi connectivity index (χ4n) is 3.51. The molecular formula is C15H17ClN2S. The number of aromatic nitrogens is 2. The molecule has 0 amide bonds. The lowest BCUT2D eigenvalue weighted by Gasteiger charge is -2.20. The van der Waals surface area contributed by atoms with Crippen molar-refractivity contribution in [3.63, 3.8) is 0 Å². The van der Waals surface area contributed by atoms with Crippen LogP contribution in [0.1, 0.15) is 60.7 Å². The van der Waals surface area contributed by atoms with Crippen LogP contribution < -0.4 is 0 Å². The fourth-order valence-corrected chi connectivity index (χ4v) is 5.12. The maximum Gasteiger partial charge on any atom is 0.141 e. The molecule has 4 heteroatoms. The summed E-state index contributed by atoms with van der Waals surface area (Å²) in [6.07, 6.45) is 10.1. The van der Waals surface area contributed by atoms with Crippen molar-refractivity contribution in [2.24, 2.45) is 0 Å². The van der Waals surface area contributed by atoms with E-state index in [1.165, 1.54) is 55.4 Å². The Bertz CT molecular complexity index is 629. The number of rotatable bonds is 1. The van der Waals surface area contributed by atoms with Gasteiger partial charge in [0.25, 0.3) is 0 Å². The molecule has 0 aliphatic heterocycles. The Morgan fingerprint density at radius 2 is 1.84 bits per heavy atom. The second-order valence-electron chi connectivity index (χ2n) is 5.75. The molecule has 2 aromatic heterocycles. The molecule has 2 aliphatic carbocycles. The summed E-state index contributed by atoms with van der Waals surface area (Å²) in [5, 5.41) is 1.85. The van der Waals surface area contributed by atoms with Crippen LogP contribution in [0.25, 0.3) is 10.2 Å². The Hall–Kier alpha value is -0.670. The molecule has 0 bridgehead atoms. The zero-order valence-corrected chi connectivity index (χ0v) is 12.5. The molecule has 2 aromatic rings. The van der Waals surface area contributed by atoms with E-state index in [1.807, 2.05) is 11.3 Å². The lowest BCUT2D eigenvalue weighted by Crippen LogP contribution is -2.08. The highest BCUT2D eigenvalue weighted by molar-refractivity contribution is 7.19. The number of halogens is 1. The number of aryl methyl sites for hydroxylation is 2. The SMILES string of the molecule is Clc1nc(C2CCCCC2)nc2sc3c(c12)CCC3. The van der Waals surface area contributed by atoms with Crippen molar-refractivity contribution < 1.29 is 0 Å². The molecule has 0 spiro atoms. The van der Waals surface area contributed by atoms with Gasteiger partial charge in [0, 0.05) is 10.8 Å². The van der Waals surface area contributed by atoms with E-state index in [0.717, 1.165) is 22.5 Å². The first-order valence-electron chi connectivity index (χ1n) is 7.30. The van der Waals surface area contributed by atoms with Gasteiger partial charge in [-0.3, -0.25) is 0 Å². The second-order valence-corrected chi connectivity index (χ2v) is 7.19. The summed E-state index contributed by atoms with van der Waals surface area (Å²) in [5.74, 6) is 1.53. The highest BCUT2D eigenvalue weighted by atomic mass is 35.5. The van der Waals surface area contributed by atoms with Gasteiger partial charge in [-0.2, -0.15) is 0 Å². The molecule has 19 heavy (non-hydrogen) atoms. The van der Waals surface area contributed by atoms with Gasteiger partial charge in [0.05, 0.1) is 5.39 Å². The van der Waals surface area contributed by atoms with E-state index in [4.69, 9.17) is 16.6 Å². The summed E-state index contributed by atoms with van der Waals surface area (Å²) >= 11 is 8.31. The smallest absolute Gasteiger partial charge is 0.141 e. The van der Waals surface area contributed by atoms with Crippen molar-refractivity contribution in [1.29, 1.82) is 0 Å². The number of hydrogen-bond acceptors (Lipinski definition) is 3. The molecule has 2 heterocycles. The summed E-state index contributed by atoms with van der Waals surface area (Å²) in [7, 11) is 0. The molecule has 0 unspecified atom stereocenters. The highest BCUT2D eigenvalue weighted by Gasteiger charge is 2.24. The van der Waals surface area contributed by atoms with Crippen LogP contribution in [0.15, 0.2) is 0 Å². The van der Waals surface area contributed by atoms with E-state index in [-0.39, 0.29) is 0 Å². The minimum absolute atomic E-state index is 0.535. The summed E-state index contributed by atoms with van der Waals surface area (Å²) < 4.78 is 0. The molecule has 1 saturated carbocycles. The average molecular weight is 293 g/mol. The van der Waals surface area contributed by atoms with E-state index >= 15 is 0 Å². The third-order valence-electron chi connectivity index (χ3n) is 4.51. The number of hydrogen-bond donors (Lipinski definition) is 0. The van der Waals surface area contributed by atoms with Crippen LogP contribution in [0.2, 0.25) is 5.15 Å². The van der Waals surface area contributed by atoms with Gasteiger partial charge < -0.3 is 0 Å². The van der Waals surface area contributed by atoms with Crippen molar-refractivity contribution in [2.45, 2.75) is 57.3 Å². The van der Waals surface area contributed by atoms with Crippen LogP contribution in [0.3, 0.4) is 0 Å². The first kappa shape index (κ1) is 12.1. The van der Waals surface area contributed by atoms with Crippen molar-refractivity contribution in [1.82, 2.24) is 9.97 Å². The second kappa shape index (κ2) is 4.71. The van der Waals surface area contributed by atoms with Gasteiger partial charge in [-0.25, -0.2) is 9.97 Å². The Balaban J connectivity index is 1.82. The Morgan fingerprint density at radius 3 is 2.68 bits per heavy atom. The van der Waals surface area contributed by atoms with E-state index in [9.17, 15) is 0 Å². The van der Waals surface area contributed by atoms with Gasteiger partial charge in [0.1, 0.15) is 15.8 Å². The molecular weight excluding hydrogens is 276 g/mol. The van der Waals surface area contributed by atoms with Crippen molar-refractivity contribution in [3.05, 3.63) is 21.4 Å². The maximum atomic E-state index is 6.46. The standard InChI is InChI=1S/C15H17ClN2S/c16-13-12-10-7-4-8-11(10)19-15(12)18-14(17-13)9-5-2-1-3-6-9/h9H,1-8H2. The Kier molecular flexibility index (Phi) is 3.00. The van der Waals surface area contributed by atoms with Gasteiger partial charge in [-0.05, 0) is 37.7 Å². The topological polar surface area (TPSA) is 25.8 Å². The molecule has 4 rings (SSSR count). The normalized spacial score (nSPS) is 20.1. The summed E-state index contributed by atoms with van der Waals surface area (Å²) in [4.78, 5) is 12.1. The van der Waals surface area contributed by atoms with E-state index < -0.39 is 0 Å². The predicted molar refractivity (Wildman–Crippen MR) is 80.3 cm³/mol. The van der Waals surface area contributed by atoms with Crippen molar-refractivity contribution in [3.8, 4) is 0 Å². The maximum absolute atomic E-state index is 6.46. The van der Waals surface area contributed by atoms with Crippen LogP contribution in [-0.2, 0) is 12.8 Å². The molecule has 2 nitrogen and oxygen atoms in total. The van der Waals surface area contributed by atoms with Gasteiger partial charge in [-0.15, -0.1) is 11.3 Å². The van der Waals surface area contributed by atoms with Crippen LogP contribution in [0, 0.1) is 0 Å². The van der Waals surface area contributed by atoms with Gasteiger partial charge in [-0.1, -0.05) is 30.9 Å². The van der Waals surface area contributed by atoms with Crippen LogP contribution in [0.4, 0.5) is 0 Å². The average Bonchev–Trinajstić information content (AvgIpc) is 2.99. The zero-order chi connectivity index (χ0) is 12.8. The fraction of sp³-hybridized carbons (Fsp3) is 0.600. The minimum atomic E-state index is 0.535. The zero-order valence-electron chi connectivity index (χ0n) is 10.9. The molecule has 0 N–H and O–H groups in total. The van der Waals surface area contributed by atoms with Crippen molar-refractivity contribution >= 4 is 33.2 Å². The highest BCUT2D eigenvalue weighted by Crippen LogP contribution is 2.40. The summed E-state index contributed by atoms with van der Waals surface area (Å²) in [6.45, 7) is 0. The molecule has 0 radical (unpaired) electrons. The van der Waals surface area contributed by atoms with E-state index in [0.29, 0.717) is 11.1 Å². The van der Waals surface area contributed by atoms with Crippen molar-refractivity contribution in [2.75, 3.05) is 0 Å². The van der Waals surface area contributed by atoms with Crippen LogP contribution in [-0.4, -0.2) is 9.97 Å². The molecule has 100 valence electrons. The summed E-state index contributed by atoms with van der Waals surface area (Å²) in [6, 6.07) is 0. The first-order chi connectivity index (χ1) is 9.33.